The summed E-state index contributed by atoms with van der Waals surface area (Å²) in [5.41, 5.74) is 6.81. The van der Waals surface area contributed by atoms with E-state index in [1.54, 1.807) is 24.3 Å². The van der Waals surface area contributed by atoms with Crippen LogP contribution in [0.25, 0.3) is 0 Å². The average molecular weight is 291 g/mol. The number of hydrogen-bond donors (Lipinski definition) is 3. The highest BCUT2D eigenvalue weighted by Crippen LogP contribution is 2.15. The van der Waals surface area contributed by atoms with Crippen LogP contribution in [-0.2, 0) is 4.79 Å². The Hall–Kier alpha value is -1.88. The highest BCUT2D eigenvalue weighted by Gasteiger charge is 2.16. The molecule has 21 heavy (non-hydrogen) atoms. The van der Waals surface area contributed by atoms with Gasteiger partial charge in [-0.2, -0.15) is 0 Å². The number of nitrogens with two attached hydrogens (primary N) is 1. The van der Waals surface area contributed by atoms with Gasteiger partial charge in [0.2, 0.25) is 5.91 Å². The van der Waals surface area contributed by atoms with Crippen LogP contribution in [0.3, 0.4) is 0 Å². The molecule has 0 heterocycles. The van der Waals surface area contributed by atoms with Crippen LogP contribution in [0, 0.1) is 0 Å². The fourth-order valence-corrected chi connectivity index (χ4v) is 1.90. The maximum atomic E-state index is 12.1. The van der Waals surface area contributed by atoms with Crippen molar-refractivity contribution in [1.29, 1.82) is 0 Å². The number of nitrogens with one attached hydrogen (secondary N) is 2. The molecule has 0 aliphatic rings. The largest absolute Gasteiger partial charge is 0.352 e. The van der Waals surface area contributed by atoms with Gasteiger partial charge < -0.3 is 16.4 Å². The van der Waals surface area contributed by atoms with Crippen molar-refractivity contribution in [2.45, 2.75) is 45.6 Å². The molecular weight excluding hydrogens is 266 g/mol. The second-order valence-electron chi connectivity index (χ2n) is 5.04. The maximum Gasteiger partial charge on any atom is 0.253 e. The van der Waals surface area contributed by atoms with Gasteiger partial charge in [0.25, 0.3) is 5.91 Å². The quantitative estimate of drug-likeness (QED) is 0.687. The van der Waals surface area contributed by atoms with Crippen LogP contribution in [0.4, 0.5) is 5.69 Å². The molecule has 0 saturated carbocycles. The minimum Gasteiger partial charge on any atom is -0.352 e. The van der Waals surface area contributed by atoms with Gasteiger partial charge in [0.15, 0.2) is 0 Å². The van der Waals surface area contributed by atoms with Gasteiger partial charge in [-0.1, -0.05) is 38.8 Å². The van der Waals surface area contributed by atoms with E-state index in [1.165, 1.54) is 0 Å². The van der Waals surface area contributed by atoms with Gasteiger partial charge in [-0.05, 0) is 25.0 Å². The van der Waals surface area contributed by atoms with Crippen LogP contribution in [0.2, 0.25) is 0 Å². The summed E-state index contributed by atoms with van der Waals surface area (Å²) >= 11 is 0. The van der Waals surface area contributed by atoms with Gasteiger partial charge >= 0.3 is 0 Å². The molecule has 0 aromatic heterocycles. The third kappa shape index (κ3) is 5.55. The van der Waals surface area contributed by atoms with Gasteiger partial charge in [0.1, 0.15) is 0 Å². The first-order chi connectivity index (χ1) is 10.1. The van der Waals surface area contributed by atoms with Crippen LogP contribution in [0.5, 0.6) is 0 Å². The highest BCUT2D eigenvalue weighted by molar-refractivity contribution is 6.04. The van der Waals surface area contributed by atoms with Crippen molar-refractivity contribution in [2.75, 3.05) is 11.9 Å². The van der Waals surface area contributed by atoms with Gasteiger partial charge in [-0.15, -0.1) is 0 Å². The van der Waals surface area contributed by atoms with Gasteiger partial charge in [0.05, 0.1) is 17.3 Å². The molecule has 1 aromatic rings. The van der Waals surface area contributed by atoms with E-state index in [9.17, 15) is 9.59 Å². The molecule has 1 aromatic carbocycles. The van der Waals surface area contributed by atoms with E-state index in [4.69, 9.17) is 5.73 Å². The van der Waals surface area contributed by atoms with E-state index < -0.39 is 6.04 Å². The third-order valence-corrected chi connectivity index (χ3v) is 3.17. The number of rotatable bonds is 8. The molecule has 0 fully saturated rings. The van der Waals surface area contributed by atoms with Crippen LogP contribution < -0.4 is 16.4 Å². The molecule has 4 N–H and O–H groups in total. The van der Waals surface area contributed by atoms with Crippen LogP contribution in [-0.4, -0.2) is 24.4 Å². The molecule has 0 radical (unpaired) electrons. The summed E-state index contributed by atoms with van der Waals surface area (Å²) in [5, 5.41) is 5.56. The molecule has 116 valence electrons. The molecule has 0 spiro atoms. The Kier molecular flexibility index (Phi) is 7.46. The fourth-order valence-electron chi connectivity index (χ4n) is 1.90. The molecule has 0 aliphatic heterocycles. The monoisotopic (exact) mass is 291 g/mol. The number of hydrogen-bond acceptors (Lipinski definition) is 3. The lowest BCUT2D eigenvalue weighted by molar-refractivity contribution is -0.117. The summed E-state index contributed by atoms with van der Waals surface area (Å²) < 4.78 is 0. The standard InChI is InChI=1S/C16H25N3O2/c1-3-5-9-13(17)16(21)19-14-10-7-6-8-12(14)15(20)18-11-4-2/h6-8,10,13H,3-5,9,11,17H2,1-2H3,(H,18,20)(H,19,21)/t13-/m0/s1. The zero-order chi connectivity index (χ0) is 15.7. The second-order valence-corrected chi connectivity index (χ2v) is 5.04. The molecular formula is C16H25N3O2. The second kappa shape index (κ2) is 9.13. The Bertz CT molecular complexity index is 474. The zero-order valence-electron chi connectivity index (χ0n) is 12.8. The molecule has 0 unspecified atom stereocenters. The first-order valence-corrected chi connectivity index (χ1v) is 7.53. The molecule has 5 heteroatoms. The summed E-state index contributed by atoms with van der Waals surface area (Å²) in [6.07, 6.45) is 3.42. The molecule has 0 saturated heterocycles. The molecule has 0 bridgehead atoms. The third-order valence-electron chi connectivity index (χ3n) is 3.17. The van der Waals surface area contributed by atoms with Crippen LogP contribution >= 0.6 is 0 Å². The van der Waals surface area contributed by atoms with E-state index in [1.807, 2.05) is 6.92 Å². The normalized spacial score (nSPS) is 11.8. The van der Waals surface area contributed by atoms with E-state index >= 15 is 0 Å². The zero-order valence-corrected chi connectivity index (χ0v) is 12.8. The summed E-state index contributed by atoms with van der Waals surface area (Å²) in [4.78, 5) is 24.1. The Morgan fingerprint density at radius 1 is 1.19 bits per heavy atom. The van der Waals surface area contributed by atoms with Gasteiger partial charge in [0, 0.05) is 6.54 Å². The van der Waals surface area contributed by atoms with E-state index in [0.717, 1.165) is 19.3 Å². The SMILES string of the molecule is CCCC[C@H](N)C(=O)Nc1ccccc1C(=O)NCCC. The fraction of sp³-hybridized carbons (Fsp3) is 0.500. The Balaban J connectivity index is 2.74. The van der Waals surface area contributed by atoms with E-state index in [2.05, 4.69) is 17.6 Å². The van der Waals surface area contributed by atoms with Crippen molar-refractivity contribution in [2.24, 2.45) is 5.73 Å². The number of anilines is 1. The first kappa shape index (κ1) is 17.2. The van der Waals surface area contributed by atoms with Crippen molar-refractivity contribution < 1.29 is 9.59 Å². The van der Waals surface area contributed by atoms with Crippen LogP contribution in [0.1, 0.15) is 49.9 Å². The van der Waals surface area contributed by atoms with E-state index in [0.29, 0.717) is 24.2 Å². The van der Waals surface area contributed by atoms with Crippen molar-refractivity contribution in [1.82, 2.24) is 5.32 Å². The summed E-state index contributed by atoms with van der Waals surface area (Å²) in [6, 6.07) is 6.41. The Labute approximate surface area is 126 Å². The first-order valence-electron chi connectivity index (χ1n) is 7.53. The summed E-state index contributed by atoms with van der Waals surface area (Å²) in [7, 11) is 0. The number of benzene rings is 1. The topological polar surface area (TPSA) is 84.2 Å². The molecule has 0 aliphatic carbocycles. The Morgan fingerprint density at radius 3 is 2.57 bits per heavy atom. The smallest absolute Gasteiger partial charge is 0.253 e. The van der Waals surface area contributed by atoms with Gasteiger partial charge in [-0.3, -0.25) is 9.59 Å². The average Bonchev–Trinajstić information content (AvgIpc) is 2.50. The van der Waals surface area contributed by atoms with Crippen molar-refractivity contribution in [3.63, 3.8) is 0 Å². The minimum absolute atomic E-state index is 0.185. The maximum absolute atomic E-state index is 12.1. The lowest BCUT2D eigenvalue weighted by Crippen LogP contribution is -2.36. The van der Waals surface area contributed by atoms with E-state index in [-0.39, 0.29) is 11.8 Å². The number of carbonyl (C=O) groups excluding carboxylic acids is 2. The highest BCUT2D eigenvalue weighted by atomic mass is 16.2. The predicted molar refractivity (Wildman–Crippen MR) is 85.2 cm³/mol. The van der Waals surface area contributed by atoms with Crippen LogP contribution in [0.15, 0.2) is 24.3 Å². The van der Waals surface area contributed by atoms with Crippen molar-refractivity contribution in [3.8, 4) is 0 Å². The molecule has 1 rings (SSSR count). The van der Waals surface area contributed by atoms with Gasteiger partial charge in [-0.25, -0.2) is 0 Å². The number of amides is 2. The number of carbonyl (C=O) groups is 2. The summed E-state index contributed by atoms with van der Waals surface area (Å²) in [6.45, 7) is 4.65. The number of para-hydroxylation sites is 1. The number of unbranched alkanes of at least 4 members (excludes halogenated alkanes) is 1. The minimum atomic E-state index is -0.545. The molecule has 2 amide bonds. The van der Waals surface area contributed by atoms with Crippen molar-refractivity contribution >= 4 is 17.5 Å². The summed E-state index contributed by atoms with van der Waals surface area (Å²) in [5.74, 6) is -0.436. The molecule has 5 nitrogen and oxygen atoms in total. The van der Waals surface area contributed by atoms with Crippen molar-refractivity contribution in [3.05, 3.63) is 29.8 Å². The Morgan fingerprint density at radius 2 is 1.90 bits per heavy atom. The molecule has 1 atom stereocenters. The lowest BCUT2D eigenvalue weighted by atomic mass is 10.1. The predicted octanol–water partition coefficient (Wildman–Crippen LogP) is 2.28. The lowest BCUT2D eigenvalue weighted by Gasteiger charge is -2.14.